The van der Waals surface area contributed by atoms with Gasteiger partial charge in [0, 0.05) is 29.6 Å². The van der Waals surface area contributed by atoms with Crippen LogP contribution >= 0.6 is 34.8 Å². The van der Waals surface area contributed by atoms with Crippen molar-refractivity contribution in [3.8, 4) is 0 Å². The van der Waals surface area contributed by atoms with Crippen molar-refractivity contribution in [2.45, 2.75) is 12.8 Å². The molecule has 0 radical (unpaired) electrons. The Hall–Kier alpha value is -2.15. The summed E-state index contributed by atoms with van der Waals surface area (Å²) in [6, 6.07) is 9.01. The van der Waals surface area contributed by atoms with E-state index in [4.69, 9.17) is 34.8 Å². The number of amides is 2. The highest BCUT2D eigenvalue weighted by Crippen LogP contribution is 2.25. The molecule has 1 fully saturated rings. The third-order valence-corrected chi connectivity index (χ3v) is 5.56. The van der Waals surface area contributed by atoms with Crippen LogP contribution in [0.5, 0.6) is 0 Å². The molecule has 0 aromatic heterocycles. The smallest absolute Gasteiger partial charge is 0.255 e. The van der Waals surface area contributed by atoms with Crippen molar-refractivity contribution in [2.24, 2.45) is 11.0 Å². The Morgan fingerprint density at radius 1 is 1.10 bits per heavy atom. The number of nitrogens with zero attached hydrogens (tertiary/aromatic N) is 2. The number of carbonyl (C=O) groups is 2. The predicted octanol–water partition coefficient (Wildman–Crippen LogP) is 4.79. The minimum atomic E-state index is -0.525. The van der Waals surface area contributed by atoms with E-state index in [-0.39, 0.29) is 28.3 Å². The number of rotatable bonds is 4. The van der Waals surface area contributed by atoms with Crippen LogP contribution in [-0.4, -0.2) is 36.0 Å². The zero-order valence-corrected chi connectivity index (χ0v) is 17.4. The highest BCUT2D eigenvalue weighted by molar-refractivity contribution is 6.36. The van der Waals surface area contributed by atoms with E-state index in [0.717, 1.165) is 0 Å². The molecule has 5 nitrogen and oxygen atoms in total. The minimum Gasteiger partial charge on any atom is -0.339 e. The van der Waals surface area contributed by atoms with E-state index >= 15 is 0 Å². The molecule has 0 spiro atoms. The summed E-state index contributed by atoms with van der Waals surface area (Å²) in [4.78, 5) is 26.6. The molecule has 3 rings (SSSR count). The van der Waals surface area contributed by atoms with E-state index in [1.54, 1.807) is 17.0 Å². The van der Waals surface area contributed by atoms with Crippen LogP contribution in [0.2, 0.25) is 15.1 Å². The summed E-state index contributed by atoms with van der Waals surface area (Å²) in [6.45, 7) is 0.831. The van der Waals surface area contributed by atoms with Crippen molar-refractivity contribution >= 4 is 52.8 Å². The first-order valence-corrected chi connectivity index (χ1v) is 10.0. The minimum absolute atomic E-state index is 0.106. The normalized spacial score (nSPS) is 15.0. The number of benzene rings is 2. The number of carbonyl (C=O) groups excluding carboxylic acids is 2. The topological polar surface area (TPSA) is 61.8 Å². The lowest BCUT2D eigenvalue weighted by Crippen LogP contribution is -2.42. The molecule has 0 saturated carbocycles. The maximum Gasteiger partial charge on any atom is 0.255 e. The fourth-order valence-corrected chi connectivity index (χ4v) is 3.76. The van der Waals surface area contributed by atoms with Gasteiger partial charge in [-0.15, -0.1) is 0 Å². The molecule has 0 bridgehead atoms. The second-order valence-corrected chi connectivity index (χ2v) is 7.81. The molecule has 1 aliphatic rings. The van der Waals surface area contributed by atoms with Crippen molar-refractivity contribution in [1.29, 1.82) is 0 Å². The molecule has 1 heterocycles. The van der Waals surface area contributed by atoms with Crippen LogP contribution in [0.3, 0.4) is 0 Å². The van der Waals surface area contributed by atoms with Gasteiger partial charge < -0.3 is 4.90 Å². The summed E-state index contributed by atoms with van der Waals surface area (Å²) in [5.74, 6) is -1.31. The summed E-state index contributed by atoms with van der Waals surface area (Å²) >= 11 is 17.9. The number of hydrogen-bond donors (Lipinski definition) is 1. The molecule has 2 aromatic carbocycles. The Morgan fingerprint density at radius 3 is 2.48 bits per heavy atom. The SMILES string of the molecule is O=C(N/N=C\c1c(F)cccc1Cl)C1CCN(C(=O)c2ccc(Cl)cc2Cl)CC1. The van der Waals surface area contributed by atoms with E-state index in [0.29, 0.717) is 41.5 Å². The van der Waals surface area contributed by atoms with Gasteiger partial charge >= 0.3 is 0 Å². The summed E-state index contributed by atoms with van der Waals surface area (Å²) in [7, 11) is 0. The molecule has 2 aromatic rings. The molecule has 0 aliphatic carbocycles. The van der Waals surface area contributed by atoms with Crippen molar-refractivity contribution in [2.75, 3.05) is 13.1 Å². The number of hydrogen-bond acceptors (Lipinski definition) is 3. The van der Waals surface area contributed by atoms with Crippen LogP contribution in [0.25, 0.3) is 0 Å². The Balaban J connectivity index is 1.54. The Kier molecular flexibility index (Phi) is 7.11. The van der Waals surface area contributed by atoms with Crippen molar-refractivity contribution in [3.63, 3.8) is 0 Å². The third-order valence-electron chi connectivity index (χ3n) is 4.68. The van der Waals surface area contributed by atoms with Gasteiger partial charge in [0.1, 0.15) is 5.82 Å². The average molecular weight is 457 g/mol. The fraction of sp³-hybridized carbons (Fsp3) is 0.250. The van der Waals surface area contributed by atoms with Crippen molar-refractivity contribution in [3.05, 3.63) is 68.4 Å². The quantitative estimate of drug-likeness (QED) is 0.531. The number of halogens is 4. The maximum atomic E-state index is 13.7. The Bertz CT molecular complexity index is 940. The molecule has 29 heavy (non-hydrogen) atoms. The zero-order chi connectivity index (χ0) is 21.0. The van der Waals surface area contributed by atoms with Gasteiger partial charge in [-0.25, -0.2) is 9.82 Å². The number of nitrogens with one attached hydrogen (secondary N) is 1. The Labute approximate surface area is 182 Å². The highest BCUT2D eigenvalue weighted by Gasteiger charge is 2.28. The zero-order valence-electron chi connectivity index (χ0n) is 15.2. The van der Waals surface area contributed by atoms with Gasteiger partial charge in [-0.1, -0.05) is 40.9 Å². The lowest BCUT2D eigenvalue weighted by molar-refractivity contribution is -0.126. The first-order valence-electron chi connectivity index (χ1n) is 8.88. The largest absolute Gasteiger partial charge is 0.339 e. The van der Waals surface area contributed by atoms with Crippen molar-refractivity contribution < 1.29 is 14.0 Å². The fourth-order valence-electron chi connectivity index (χ4n) is 3.06. The third kappa shape index (κ3) is 5.26. The first-order chi connectivity index (χ1) is 13.9. The van der Waals surface area contributed by atoms with Crippen LogP contribution in [-0.2, 0) is 4.79 Å². The van der Waals surface area contributed by atoms with E-state index in [1.165, 1.54) is 30.5 Å². The molecule has 9 heteroatoms. The molecule has 1 aliphatic heterocycles. The van der Waals surface area contributed by atoms with E-state index in [1.807, 2.05) is 0 Å². The maximum absolute atomic E-state index is 13.7. The van der Waals surface area contributed by atoms with Crippen LogP contribution < -0.4 is 5.43 Å². The molecule has 1 N–H and O–H groups in total. The second kappa shape index (κ2) is 9.57. The standard InChI is InChI=1S/C20H17Cl3FN3O2/c21-13-4-5-14(17(23)10-13)20(29)27-8-6-12(7-9-27)19(28)26-25-11-15-16(22)2-1-3-18(15)24/h1-5,10-12H,6-9H2,(H,26,28)/b25-11-. The van der Waals surface area contributed by atoms with Gasteiger partial charge in [0.05, 0.1) is 21.8 Å². The first kappa shape index (κ1) is 21.6. The molecular formula is C20H17Cl3FN3O2. The molecule has 1 saturated heterocycles. The van der Waals surface area contributed by atoms with Gasteiger partial charge in [-0.2, -0.15) is 5.10 Å². The van der Waals surface area contributed by atoms with Gasteiger partial charge in [-0.05, 0) is 43.2 Å². The van der Waals surface area contributed by atoms with E-state index in [9.17, 15) is 14.0 Å². The molecule has 152 valence electrons. The molecule has 0 atom stereocenters. The molecule has 0 unspecified atom stereocenters. The van der Waals surface area contributed by atoms with Gasteiger partial charge in [0.25, 0.3) is 5.91 Å². The summed E-state index contributed by atoms with van der Waals surface area (Å²) in [5, 5.41) is 4.76. The molecule has 2 amide bonds. The predicted molar refractivity (Wildman–Crippen MR) is 112 cm³/mol. The molecular weight excluding hydrogens is 440 g/mol. The summed E-state index contributed by atoms with van der Waals surface area (Å²) < 4.78 is 13.7. The summed E-state index contributed by atoms with van der Waals surface area (Å²) in [5.41, 5.74) is 2.90. The monoisotopic (exact) mass is 455 g/mol. The van der Waals surface area contributed by atoms with Crippen LogP contribution in [0.4, 0.5) is 4.39 Å². The Morgan fingerprint density at radius 2 is 1.83 bits per heavy atom. The van der Waals surface area contributed by atoms with Crippen LogP contribution in [0.1, 0.15) is 28.8 Å². The van der Waals surface area contributed by atoms with Gasteiger partial charge in [-0.3, -0.25) is 9.59 Å². The van der Waals surface area contributed by atoms with E-state index < -0.39 is 5.82 Å². The van der Waals surface area contributed by atoms with Crippen LogP contribution in [0, 0.1) is 11.7 Å². The van der Waals surface area contributed by atoms with Crippen molar-refractivity contribution in [1.82, 2.24) is 10.3 Å². The number of piperidine rings is 1. The summed E-state index contributed by atoms with van der Waals surface area (Å²) in [6.07, 6.45) is 2.15. The van der Waals surface area contributed by atoms with Crippen LogP contribution in [0.15, 0.2) is 41.5 Å². The highest BCUT2D eigenvalue weighted by atomic mass is 35.5. The van der Waals surface area contributed by atoms with Gasteiger partial charge in [0.15, 0.2) is 0 Å². The number of likely N-dealkylation sites (tertiary alicyclic amines) is 1. The number of hydrazone groups is 1. The second-order valence-electron chi connectivity index (χ2n) is 6.56. The lowest BCUT2D eigenvalue weighted by Gasteiger charge is -2.31. The van der Waals surface area contributed by atoms with E-state index in [2.05, 4.69) is 10.5 Å². The average Bonchev–Trinajstić information content (AvgIpc) is 2.70. The lowest BCUT2D eigenvalue weighted by atomic mass is 9.95. The van der Waals surface area contributed by atoms with Gasteiger partial charge in [0.2, 0.25) is 5.91 Å².